The zero-order chi connectivity index (χ0) is 26.1. The lowest BCUT2D eigenvalue weighted by atomic mass is 10.2. The molecule has 0 aliphatic rings. The molecule has 0 amide bonds. The topological polar surface area (TPSA) is 80.3 Å². The summed E-state index contributed by atoms with van der Waals surface area (Å²) in [6.45, 7) is 0.278. The molecular formula is C27H22ClFN4O4. The predicted octanol–water partition coefficient (Wildman–Crippen LogP) is 4.65. The number of halogens is 2. The summed E-state index contributed by atoms with van der Waals surface area (Å²) in [7, 11) is 2.87. The van der Waals surface area contributed by atoms with Gasteiger partial charge in [0.25, 0.3) is 5.56 Å². The first-order valence-corrected chi connectivity index (χ1v) is 11.7. The van der Waals surface area contributed by atoms with Gasteiger partial charge in [0.15, 0.2) is 11.2 Å². The summed E-state index contributed by atoms with van der Waals surface area (Å²) in [4.78, 5) is 30.0. The van der Waals surface area contributed by atoms with Crippen molar-refractivity contribution in [3.05, 3.63) is 116 Å². The van der Waals surface area contributed by atoms with Crippen molar-refractivity contribution < 1.29 is 13.9 Å². The van der Waals surface area contributed by atoms with Crippen molar-refractivity contribution in [2.24, 2.45) is 14.1 Å². The van der Waals surface area contributed by atoms with Gasteiger partial charge < -0.3 is 9.47 Å². The molecule has 5 rings (SSSR count). The van der Waals surface area contributed by atoms with E-state index in [0.29, 0.717) is 18.1 Å². The van der Waals surface area contributed by atoms with Crippen LogP contribution < -0.4 is 20.7 Å². The molecule has 0 aliphatic heterocycles. The van der Waals surface area contributed by atoms with Gasteiger partial charge in [0, 0.05) is 24.7 Å². The number of imidazole rings is 1. The van der Waals surface area contributed by atoms with Crippen LogP contribution in [-0.4, -0.2) is 18.7 Å². The van der Waals surface area contributed by atoms with E-state index in [-0.39, 0.29) is 34.3 Å². The number of nitrogens with zero attached hydrogens (tertiary/aromatic N) is 4. The highest BCUT2D eigenvalue weighted by molar-refractivity contribution is 6.31. The minimum Gasteiger partial charge on any atom is -0.489 e. The van der Waals surface area contributed by atoms with Crippen molar-refractivity contribution in [1.82, 2.24) is 18.7 Å². The fourth-order valence-corrected chi connectivity index (χ4v) is 4.17. The fourth-order valence-electron chi connectivity index (χ4n) is 3.94. The lowest BCUT2D eigenvalue weighted by Gasteiger charge is -2.12. The molecule has 5 aromatic rings. The first-order chi connectivity index (χ1) is 17.8. The van der Waals surface area contributed by atoms with Crippen molar-refractivity contribution in [3.8, 4) is 17.5 Å². The van der Waals surface area contributed by atoms with E-state index in [1.54, 1.807) is 30.3 Å². The van der Waals surface area contributed by atoms with Gasteiger partial charge in [0.1, 0.15) is 23.9 Å². The summed E-state index contributed by atoms with van der Waals surface area (Å²) in [5.74, 6) is 0.506. The Hall–Kier alpha value is -4.37. The number of hydrogen-bond acceptors (Lipinski definition) is 5. The quantitative estimate of drug-likeness (QED) is 0.312. The summed E-state index contributed by atoms with van der Waals surface area (Å²) >= 11 is 6.26. The first-order valence-electron chi connectivity index (χ1n) is 11.4. The first kappa shape index (κ1) is 24.3. The molecule has 0 radical (unpaired) electrons. The highest BCUT2D eigenvalue weighted by Gasteiger charge is 2.22. The van der Waals surface area contributed by atoms with E-state index >= 15 is 0 Å². The lowest BCUT2D eigenvalue weighted by Crippen LogP contribution is -2.37. The van der Waals surface area contributed by atoms with Crippen LogP contribution in [0.2, 0.25) is 5.02 Å². The predicted molar refractivity (Wildman–Crippen MR) is 138 cm³/mol. The van der Waals surface area contributed by atoms with Gasteiger partial charge in [-0.2, -0.15) is 4.98 Å². The van der Waals surface area contributed by atoms with E-state index in [1.165, 1.54) is 35.4 Å². The summed E-state index contributed by atoms with van der Waals surface area (Å²) in [6.07, 6.45) is 0. The lowest BCUT2D eigenvalue weighted by molar-refractivity contribution is 0.305. The molecule has 0 fully saturated rings. The summed E-state index contributed by atoms with van der Waals surface area (Å²) in [5.41, 5.74) is 0.264. The van der Waals surface area contributed by atoms with Gasteiger partial charge in [-0.1, -0.05) is 48.0 Å². The van der Waals surface area contributed by atoms with E-state index in [1.807, 2.05) is 30.3 Å². The van der Waals surface area contributed by atoms with Gasteiger partial charge in [-0.3, -0.25) is 18.5 Å². The Balaban J connectivity index is 1.52. The van der Waals surface area contributed by atoms with Crippen LogP contribution in [0.25, 0.3) is 11.2 Å². The number of aryl methyl sites for hydroxylation is 1. The standard InChI is InChI=1S/C27H22ClFN4O4/c1-31-24-23(25(34)32(2)27(31)35)33(15-20-21(28)9-6-10-22(20)29)26(30-24)37-19-13-11-18(12-14-19)36-16-17-7-4-3-5-8-17/h3-14H,15-16H2,1-2H3. The van der Waals surface area contributed by atoms with E-state index in [2.05, 4.69) is 4.98 Å². The number of ether oxygens (including phenoxy) is 2. The molecule has 3 aromatic carbocycles. The van der Waals surface area contributed by atoms with Gasteiger partial charge in [-0.15, -0.1) is 0 Å². The summed E-state index contributed by atoms with van der Waals surface area (Å²) in [6, 6.07) is 21.0. The molecule has 0 spiro atoms. The largest absolute Gasteiger partial charge is 0.489 e. The average Bonchev–Trinajstić information content (AvgIpc) is 3.26. The summed E-state index contributed by atoms with van der Waals surface area (Å²) in [5, 5.41) is 0.189. The molecule has 188 valence electrons. The Morgan fingerprint density at radius 2 is 1.59 bits per heavy atom. The monoisotopic (exact) mass is 520 g/mol. The van der Waals surface area contributed by atoms with Crippen LogP contribution in [0.3, 0.4) is 0 Å². The summed E-state index contributed by atoms with van der Waals surface area (Å²) < 4.78 is 30.1. The van der Waals surface area contributed by atoms with Crippen LogP contribution in [0.1, 0.15) is 11.1 Å². The third-order valence-corrected chi connectivity index (χ3v) is 6.33. The van der Waals surface area contributed by atoms with Gasteiger partial charge in [0.2, 0.25) is 0 Å². The second-order valence-corrected chi connectivity index (χ2v) is 8.81. The van der Waals surface area contributed by atoms with E-state index < -0.39 is 17.1 Å². The highest BCUT2D eigenvalue weighted by atomic mass is 35.5. The second kappa shape index (κ2) is 9.94. The Labute approximate surface area is 215 Å². The van der Waals surface area contributed by atoms with Gasteiger partial charge >= 0.3 is 11.7 Å². The molecule has 10 heteroatoms. The van der Waals surface area contributed by atoms with Crippen molar-refractivity contribution in [1.29, 1.82) is 0 Å². The Morgan fingerprint density at radius 1 is 0.892 bits per heavy atom. The zero-order valence-electron chi connectivity index (χ0n) is 20.0. The van der Waals surface area contributed by atoms with Crippen molar-refractivity contribution in [2.45, 2.75) is 13.2 Å². The fraction of sp³-hybridized carbons (Fsp3) is 0.148. The smallest absolute Gasteiger partial charge is 0.332 e. The van der Waals surface area contributed by atoms with Crippen molar-refractivity contribution >= 4 is 22.8 Å². The number of fused-ring (bicyclic) bond motifs is 1. The average molecular weight is 521 g/mol. The number of benzene rings is 3. The third kappa shape index (κ3) is 4.73. The van der Waals surface area contributed by atoms with Gasteiger partial charge in [0.05, 0.1) is 6.54 Å². The molecule has 2 aromatic heterocycles. The van der Waals surface area contributed by atoms with Crippen LogP contribution in [0.15, 0.2) is 82.4 Å². The molecule has 0 saturated carbocycles. The zero-order valence-corrected chi connectivity index (χ0v) is 20.8. The maximum Gasteiger partial charge on any atom is 0.332 e. The van der Waals surface area contributed by atoms with Gasteiger partial charge in [-0.25, -0.2) is 9.18 Å². The molecule has 2 heterocycles. The van der Waals surface area contributed by atoms with E-state index in [9.17, 15) is 14.0 Å². The van der Waals surface area contributed by atoms with E-state index in [0.717, 1.165) is 10.1 Å². The molecule has 37 heavy (non-hydrogen) atoms. The molecule has 0 saturated heterocycles. The third-order valence-electron chi connectivity index (χ3n) is 5.97. The number of aromatic nitrogens is 4. The Morgan fingerprint density at radius 3 is 2.30 bits per heavy atom. The molecule has 8 nitrogen and oxygen atoms in total. The maximum absolute atomic E-state index is 14.7. The van der Waals surface area contributed by atoms with Crippen LogP contribution in [-0.2, 0) is 27.2 Å². The molecular weight excluding hydrogens is 499 g/mol. The highest BCUT2D eigenvalue weighted by Crippen LogP contribution is 2.29. The molecule has 0 atom stereocenters. The molecule has 0 N–H and O–H groups in total. The van der Waals surface area contributed by atoms with Crippen molar-refractivity contribution in [3.63, 3.8) is 0 Å². The van der Waals surface area contributed by atoms with E-state index in [4.69, 9.17) is 21.1 Å². The van der Waals surface area contributed by atoms with Crippen LogP contribution in [0.4, 0.5) is 4.39 Å². The van der Waals surface area contributed by atoms with Crippen LogP contribution >= 0.6 is 11.6 Å². The normalized spacial score (nSPS) is 11.1. The number of hydrogen-bond donors (Lipinski definition) is 0. The van der Waals surface area contributed by atoms with Crippen LogP contribution in [0, 0.1) is 5.82 Å². The Kier molecular flexibility index (Phi) is 6.54. The Bertz CT molecular complexity index is 1690. The van der Waals surface area contributed by atoms with Gasteiger partial charge in [-0.05, 0) is 42.0 Å². The molecule has 0 aliphatic carbocycles. The SMILES string of the molecule is Cn1c(=O)c2c(nc(Oc3ccc(OCc4ccccc4)cc3)n2Cc2c(F)cccc2Cl)n(C)c1=O. The van der Waals surface area contributed by atoms with Crippen molar-refractivity contribution in [2.75, 3.05) is 0 Å². The second-order valence-electron chi connectivity index (χ2n) is 8.41. The molecule has 0 bridgehead atoms. The maximum atomic E-state index is 14.7. The molecule has 0 unspecified atom stereocenters. The van der Waals surface area contributed by atoms with Crippen LogP contribution in [0.5, 0.6) is 17.5 Å². The number of rotatable bonds is 7. The minimum atomic E-state index is -0.586. The minimum absolute atomic E-state index is 0.00516.